The first-order chi connectivity index (χ1) is 7.75. The number of nitrogens with one attached hydrogen (secondary N) is 1. The molecule has 0 atom stereocenters. The molecule has 0 aromatic carbocycles. The van der Waals surface area contributed by atoms with Gasteiger partial charge in [0.05, 0.1) is 6.61 Å². The van der Waals surface area contributed by atoms with Gasteiger partial charge in [-0.3, -0.25) is 4.79 Å². The molecule has 94 valence electrons. The normalized spacial score (nSPS) is 20.9. The van der Waals surface area contributed by atoms with Crippen molar-refractivity contribution in [2.75, 3.05) is 13.2 Å². The third kappa shape index (κ3) is 3.48. The van der Waals surface area contributed by atoms with E-state index in [0.717, 1.165) is 32.2 Å². The second-order valence-corrected chi connectivity index (χ2v) is 4.60. The van der Waals surface area contributed by atoms with E-state index in [1.807, 2.05) is 6.92 Å². The molecule has 3 nitrogen and oxygen atoms in total. The van der Waals surface area contributed by atoms with Crippen LogP contribution < -0.4 is 5.32 Å². The van der Waals surface area contributed by atoms with Gasteiger partial charge in [-0.05, 0) is 26.3 Å². The molecule has 1 aliphatic carbocycles. The minimum atomic E-state index is -0.398. The molecule has 1 rings (SSSR count). The first-order valence-corrected chi connectivity index (χ1v) is 6.67. The maximum absolute atomic E-state index is 12.1. The van der Waals surface area contributed by atoms with Crippen LogP contribution in [-0.2, 0) is 9.53 Å². The van der Waals surface area contributed by atoms with E-state index in [1.54, 1.807) is 0 Å². The van der Waals surface area contributed by atoms with Gasteiger partial charge < -0.3 is 10.1 Å². The van der Waals surface area contributed by atoms with Crippen molar-refractivity contribution in [1.82, 2.24) is 5.32 Å². The number of rotatable bonds is 4. The van der Waals surface area contributed by atoms with E-state index >= 15 is 0 Å². The fraction of sp³-hybridized carbons (Fsp3) is 0.923. The number of esters is 1. The highest BCUT2D eigenvalue weighted by atomic mass is 16.5. The molecule has 0 aromatic rings. The summed E-state index contributed by atoms with van der Waals surface area (Å²) in [6.45, 7) is 5.24. The molecule has 1 N–H and O–H groups in total. The first-order valence-electron chi connectivity index (χ1n) is 6.67. The standard InChI is InChI=1S/C13H25NO2/c1-3-14-13(12(15)16-4-2)10-8-6-5-7-9-11-13/h14H,3-11H2,1-2H3. The maximum atomic E-state index is 12.1. The Morgan fingerprint density at radius 3 is 2.19 bits per heavy atom. The van der Waals surface area contributed by atoms with Crippen molar-refractivity contribution in [2.45, 2.75) is 64.3 Å². The van der Waals surface area contributed by atoms with Crippen molar-refractivity contribution in [1.29, 1.82) is 0 Å². The molecule has 0 radical (unpaired) electrons. The van der Waals surface area contributed by atoms with Crippen molar-refractivity contribution in [3.8, 4) is 0 Å². The molecule has 16 heavy (non-hydrogen) atoms. The molecule has 0 unspecified atom stereocenters. The zero-order chi connectivity index (χ0) is 11.9. The Morgan fingerprint density at radius 1 is 1.12 bits per heavy atom. The van der Waals surface area contributed by atoms with Gasteiger partial charge in [-0.2, -0.15) is 0 Å². The zero-order valence-electron chi connectivity index (χ0n) is 10.7. The van der Waals surface area contributed by atoms with Gasteiger partial charge in [0.1, 0.15) is 5.54 Å². The summed E-state index contributed by atoms with van der Waals surface area (Å²) in [5.41, 5.74) is -0.398. The van der Waals surface area contributed by atoms with Crippen molar-refractivity contribution in [3.63, 3.8) is 0 Å². The fourth-order valence-corrected chi connectivity index (χ4v) is 2.57. The minimum Gasteiger partial charge on any atom is -0.465 e. The van der Waals surface area contributed by atoms with E-state index in [0.29, 0.717) is 6.61 Å². The van der Waals surface area contributed by atoms with Gasteiger partial charge in [0.25, 0.3) is 0 Å². The van der Waals surface area contributed by atoms with E-state index in [1.165, 1.54) is 19.3 Å². The van der Waals surface area contributed by atoms with Crippen LogP contribution in [0.15, 0.2) is 0 Å². The van der Waals surface area contributed by atoms with Crippen molar-refractivity contribution >= 4 is 5.97 Å². The van der Waals surface area contributed by atoms with Crippen LogP contribution in [-0.4, -0.2) is 24.7 Å². The lowest BCUT2D eigenvalue weighted by Crippen LogP contribution is -2.53. The first kappa shape index (κ1) is 13.5. The number of ether oxygens (including phenoxy) is 1. The topological polar surface area (TPSA) is 38.3 Å². The quantitative estimate of drug-likeness (QED) is 0.750. The van der Waals surface area contributed by atoms with Crippen LogP contribution in [0.2, 0.25) is 0 Å². The Morgan fingerprint density at radius 2 is 1.69 bits per heavy atom. The molecule has 0 heterocycles. The van der Waals surface area contributed by atoms with Crippen LogP contribution in [0.3, 0.4) is 0 Å². The summed E-state index contributed by atoms with van der Waals surface area (Å²) < 4.78 is 5.23. The second-order valence-electron chi connectivity index (χ2n) is 4.60. The molecule has 0 aliphatic heterocycles. The van der Waals surface area contributed by atoms with Crippen LogP contribution in [0.1, 0.15) is 58.8 Å². The molecule has 0 amide bonds. The van der Waals surface area contributed by atoms with Crippen LogP contribution in [0, 0.1) is 0 Å². The van der Waals surface area contributed by atoms with Crippen molar-refractivity contribution in [2.24, 2.45) is 0 Å². The predicted octanol–water partition coefficient (Wildman–Crippen LogP) is 2.64. The van der Waals surface area contributed by atoms with Gasteiger partial charge in [0.15, 0.2) is 0 Å². The third-order valence-corrected chi connectivity index (χ3v) is 3.39. The summed E-state index contributed by atoms with van der Waals surface area (Å²) in [6.07, 6.45) is 7.92. The number of likely N-dealkylation sites (N-methyl/N-ethyl adjacent to an activating group) is 1. The average Bonchev–Trinajstić information content (AvgIpc) is 2.22. The highest BCUT2D eigenvalue weighted by Gasteiger charge is 2.38. The van der Waals surface area contributed by atoms with E-state index in [9.17, 15) is 4.79 Å². The lowest BCUT2D eigenvalue weighted by molar-refractivity contribution is -0.152. The van der Waals surface area contributed by atoms with Gasteiger partial charge in [-0.25, -0.2) is 0 Å². The molecule has 3 heteroatoms. The van der Waals surface area contributed by atoms with Crippen LogP contribution >= 0.6 is 0 Å². The third-order valence-electron chi connectivity index (χ3n) is 3.39. The van der Waals surface area contributed by atoms with Gasteiger partial charge in [-0.15, -0.1) is 0 Å². The Kier molecular flexibility index (Phi) is 5.81. The van der Waals surface area contributed by atoms with Crippen molar-refractivity contribution in [3.05, 3.63) is 0 Å². The molecule has 0 bridgehead atoms. The maximum Gasteiger partial charge on any atom is 0.326 e. The lowest BCUT2D eigenvalue weighted by Gasteiger charge is -2.33. The molecular weight excluding hydrogens is 202 g/mol. The Hall–Kier alpha value is -0.570. The largest absolute Gasteiger partial charge is 0.465 e. The molecule has 1 aliphatic rings. The van der Waals surface area contributed by atoms with Crippen LogP contribution in [0.4, 0.5) is 0 Å². The summed E-state index contributed by atoms with van der Waals surface area (Å²) in [4.78, 5) is 12.1. The summed E-state index contributed by atoms with van der Waals surface area (Å²) in [5, 5.41) is 3.38. The smallest absolute Gasteiger partial charge is 0.326 e. The Bertz CT molecular complexity index is 208. The van der Waals surface area contributed by atoms with Crippen molar-refractivity contribution < 1.29 is 9.53 Å². The molecular formula is C13H25NO2. The van der Waals surface area contributed by atoms with Gasteiger partial charge in [-0.1, -0.05) is 39.0 Å². The summed E-state index contributed by atoms with van der Waals surface area (Å²) >= 11 is 0. The molecule has 1 saturated carbocycles. The highest BCUT2D eigenvalue weighted by molar-refractivity contribution is 5.80. The Labute approximate surface area is 98.9 Å². The number of hydrogen-bond acceptors (Lipinski definition) is 3. The van der Waals surface area contributed by atoms with Gasteiger partial charge in [0.2, 0.25) is 0 Å². The predicted molar refractivity (Wildman–Crippen MR) is 65.4 cm³/mol. The van der Waals surface area contributed by atoms with E-state index in [4.69, 9.17) is 4.74 Å². The summed E-state index contributed by atoms with van der Waals surface area (Å²) in [7, 11) is 0. The van der Waals surface area contributed by atoms with E-state index in [-0.39, 0.29) is 5.97 Å². The van der Waals surface area contributed by atoms with Crippen LogP contribution in [0.25, 0.3) is 0 Å². The average molecular weight is 227 g/mol. The fourth-order valence-electron chi connectivity index (χ4n) is 2.57. The van der Waals surface area contributed by atoms with Gasteiger partial charge in [0, 0.05) is 0 Å². The number of carbonyl (C=O) groups is 1. The van der Waals surface area contributed by atoms with E-state index in [2.05, 4.69) is 12.2 Å². The molecule has 1 fully saturated rings. The monoisotopic (exact) mass is 227 g/mol. The molecule has 0 aromatic heterocycles. The summed E-state index contributed by atoms with van der Waals surface area (Å²) in [5.74, 6) is -0.0428. The second kappa shape index (κ2) is 6.89. The van der Waals surface area contributed by atoms with Crippen LogP contribution in [0.5, 0.6) is 0 Å². The minimum absolute atomic E-state index is 0.0428. The number of carbonyl (C=O) groups excluding carboxylic acids is 1. The van der Waals surface area contributed by atoms with E-state index < -0.39 is 5.54 Å². The SMILES string of the molecule is CCNC1(C(=O)OCC)CCCCCCC1. The lowest BCUT2D eigenvalue weighted by atomic mass is 9.84. The van der Waals surface area contributed by atoms with Gasteiger partial charge >= 0.3 is 5.97 Å². The Balaban J connectivity index is 2.69. The highest BCUT2D eigenvalue weighted by Crippen LogP contribution is 2.27. The molecule has 0 saturated heterocycles. The summed E-state index contributed by atoms with van der Waals surface area (Å²) in [6, 6.07) is 0. The zero-order valence-corrected chi connectivity index (χ0v) is 10.7. The number of hydrogen-bond donors (Lipinski definition) is 1. The molecule has 0 spiro atoms.